The van der Waals surface area contributed by atoms with E-state index in [0.717, 1.165) is 38.5 Å². The number of esters is 2. The van der Waals surface area contributed by atoms with Crippen molar-refractivity contribution in [3.63, 3.8) is 0 Å². The lowest BCUT2D eigenvalue weighted by Crippen LogP contribution is -2.36. The first-order chi connectivity index (χ1) is 19.7. The predicted octanol–water partition coefficient (Wildman–Crippen LogP) is 1.74. The lowest BCUT2D eigenvalue weighted by Gasteiger charge is -2.20. The third-order valence-corrected chi connectivity index (χ3v) is 7.36. The molecule has 0 rings (SSSR count). The Kier molecular flexibility index (Phi) is 36.8. The first-order valence-corrected chi connectivity index (χ1v) is 16.5. The van der Waals surface area contributed by atoms with E-state index in [9.17, 15) is 22.6 Å². The second kappa shape index (κ2) is 32.5. The average molecular weight is 634 g/mol. The fourth-order valence-electron chi connectivity index (χ4n) is 3.46. The Labute approximate surface area is 254 Å². The van der Waals surface area contributed by atoms with Gasteiger partial charge in [-0.05, 0) is 51.4 Å². The topological polar surface area (TPSA) is 246 Å². The van der Waals surface area contributed by atoms with Crippen LogP contribution in [0.5, 0.6) is 0 Å². The molecule has 13 nitrogen and oxygen atoms in total. The number of nitrogens with two attached hydrogens (primary N) is 3. The minimum absolute atomic E-state index is 0.0972. The van der Waals surface area contributed by atoms with Crippen LogP contribution < -0.4 is 17.2 Å². The van der Waals surface area contributed by atoms with Crippen LogP contribution in [0.2, 0.25) is 0 Å². The van der Waals surface area contributed by atoms with Crippen LogP contribution in [-0.2, 0) is 29.2 Å². The lowest BCUT2D eigenvalue weighted by atomic mass is 9.96. The number of aliphatic hydroxyl groups is 3. The Hall–Kier alpha value is -1.39. The maximum atomic E-state index is 12.3. The molecule has 10 N–H and O–H groups in total. The molecule has 0 aromatic rings. The molecule has 0 aromatic carbocycles. The molecular weight excluding hydrogens is 570 g/mol. The molecule has 3 unspecified atom stereocenters. The van der Waals surface area contributed by atoms with Gasteiger partial charge in [-0.1, -0.05) is 53.4 Å². The van der Waals surface area contributed by atoms with Gasteiger partial charge in [0.05, 0.1) is 38.4 Å². The van der Waals surface area contributed by atoms with Crippen molar-refractivity contribution in [2.24, 2.45) is 29.0 Å². The second-order valence-electron chi connectivity index (χ2n) is 9.81. The Bertz CT molecular complexity index is 691. The van der Waals surface area contributed by atoms with Gasteiger partial charge in [0.2, 0.25) is 0 Å². The van der Waals surface area contributed by atoms with E-state index in [1.165, 1.54) is 0 Å². The van der Waals surface area contributed by atoms with Crippen LogP contribution in [0.25, 0.3) is 0 Å². The van der Waals surface area contributed by atoms with Gasteiger partial charge >= 0.3 is 11.9 Å². The van der Waals surface area contributed by atoms with E-state index >= 15 is 0 Å². The van der Waals surface area contributed by atoms with Crippen LogP contribution in [0.1, 0.15) is 99.3 Å². The van der Waals surface area contributed by atoms with E-state index < -0.39 is 45.9 Å². The summed E-state index contributed by atoms with van der Waals surface area (Å²) < 4.78 is 43.3. The molecule has 14 heteroatoms. The van der Waals surface area contributed by atoms with Crippen LogP contribution in [-0.4, -0.2) is 97.1 Å². The van der Waals surface area contributed by atoms with Gasteiger partial charge in [0.15, 0.2) is 5.25 Å². The first kappa shape index (κ1) is 47.5. The second-order valence-corrected chi connectivity index (χ2v) is 11.4. The van der Waals surface area contributed by atoms with Crippen molar-refractivity contribution in [2.45, 2.75) is 117 Å². The standard InChI is InChI=1S/C22H42O7S.3C2H7NO/c1-7-18(8-2)13-11-16(5)28-21(23)15-20(30(25,26)27)22(24)29-17(6)12-14-19(9-3)10-4;3*3-1-2-4/h16-20H,7-15H2,1-6H3,(H,25,26,27);3*4H,1-3H2. The highest BCUT2D eigenvalue weighted by Gasteiger charge is 2.36. The molecule has 42 heavy (non-hydrogen) atoms. The van der Waals surface area contributed by atoms with Gasteiger partial charge in [-0.15, -0.1) is 0 Å². The number of hydrogen-bond donors (Lipinski definition) is 7. The Morgan fingerprint density at radius 3 is 1.24 bits per heavy atom. The predicted molar refractivity (Wildman–Crippen MR) is 166 cm³/mol. The summed E-state index contributed by atoms with van der Waals surface area (Å²) in [7, 11) is -4.79. The van der Waals surface area contributed by atoms with E-state index in [4.69, 9.17) is 42.0 Å². The lowest BCUT2D eigenvalue weighted by molar-refractivity contribution is -0.155. The van der Waals surface area contributed by atoms with Crippen molar-refractivity contribution < 1.29 is 47.4 Å². The molecule has 0 saturated heterocycles. The van der Waals surface area contributed by atoms with E-state index in [-0.39, 0.29) is 19.8 Å². The number of ether oxygens (including phenoxy) is 2. The molecule has 0 heterocycles. The minimum Gasteiger partial charge on any atom is -0.463 e. The molecule has 0 amide bonds. The fourth-order valence-corrected chi connectivity index (χ4v) is 4.11. The highest BCUT2D eigenvalue weighted by molar-refractivity contribution is 7.87. The smallest absolute Gasteiger partial charge is 0.327 e. The van der Waals surface area contributed by atoms with Gasteiger partial charge in [0.25, 0.3) is 10.1 Å². The molecule has 256 valence electrons. The van der Waals surface area contributed by atoms with E-state index in [1.807, 2.05) is 0 Å². The highest BCUT2D eigenvalue weighted by Crippen LogP contribution is 2.20. The van der Waals surface area contributed by atoms with Crippen molar-refractivity contribution in [1.29, 1.82) is 0 Å². The van der Waals surface area contributed by atoms with E-state index in [1.54, 1.807) is 13.8 Å². The van der Waals surface area contributed by atoms with Gasteiger partial charge in [0.1, 0.15) is 0 Å². The zero-order valence-electron chi connectivity index (χ0n) is 26.9. The summed E-state index contributed by atoms with van der Waals surface area (Å²) in [5, 5.41) is 21.3. The highest BCUT2D eigenvalue weighted by atomic mass is 32.2. The Morgan fingerprint density at radius 1 is 0.667 bits per heavy atom. The van der Waals surface area contributed by atoms with Crippen molar-refractivity contribution in [1.82, 2.24) is 0 Å². The summed E-state index contributed by atoms with van der Waals surface area (Å²) in [6.45, 7) is 13.2. The van der Waals surface area contributed by atoms with Gasteiger partial charge in [-0.2, -0.15) is 8.42 Å². The van der Waals surface area contributed by atoms with E-state index in [2.05, 4.69) is 27.7 Å². The minimum atomic E-state index is -4.79. The summed E-state index contributed by atoms with van der Waals surface area (Å²) in [6, 6.07) is 0. The Morgan fingerprint density at radius 2 is 0.976 bits per heavy atom. The molecule has 0 fully saturated rings. The summed E-state index contributed by atoms with van der Waals surface area (Å²) in [5.41, 5.74) is 14.3. The summed E-state index contributed by atoms with van der Waals surface area (Å²) in [5.74, 6) is -0.888. The van der Waals surface area contributed by atoms with Crippen LogP contribution in [0, 0.1) is 11.8 Å². The maximum absolute atomic E-state index is 12.3. The molecule has 0 aliphatic heterocycles. The summed E-state index contributed by atoms with van der Waals surface area (Å²) in [6.07, 6.45) is 5.48. The maximum Gasteiger partial charge on any atom is 0.327 e. The van der Waals surface area contributed by atoms with Crippen LogP contribution in [0.15, 0.2) is 0 Å². The molecule has 0 aliphatic carbocycles. The zero-order valence-corrected chi connectivity index (χ0v) is 27.7. The van der Waals surface area contributed by atoms with Gasteiger partial charge in [-0.25, -0.2) is 0 Å². The number of carbonyl (C=O) groups excluding carboxylic acids is 2. The number of aliphatic hydroxyl groups excluding tert-OH is 3. The van der Waals surface area contributed by atoms with Gasteiger partial charge in [-0.3, -0.25) is 14.1 Å². The van der Waals surface area contributed by atoms with Gasteiger partial charge < -0.3 is 42.0 Å². The number of carbonyl (C=O) groups is 2. The third-order valence-electron chi connectivity index (χ3n) is 6.28. The fraction of sp³-hybridized carbons (Fsp3) is 0.929. The van der Waals surface area contributed by atoms with E-state index in [0.29, 0.717) is 44.3 Å². The largest absolute Gasteiger partial charge is 0.463 e. The molecule has 0 spiro atoms. The molecular formula is C28H63N3O10S. The SMILES string of the molecule is CCC(CC)CCC(C)OC(=O)CC(C(=O)OC(C)CCC(CC)CC)S(=O)(=O)O.NCCO.NCCO.NCCO. The van der Waals surface area contributed by atoms with Crippen molar-refractivity contribution in [3.8, 4) is 0 Å². The van der Waals surface area contributed by atoms with Crippen molar-refractivity contribution >= 4 is 22.1 Å². The van der Waals surface area contributed by atoms with Crippen molar-refractivity contribution in [2.75, 3.05) is 39.5 Å². The number of hydrogen-bond acceptors (Lipinski definition) is 12. The third kappa shape index (κ3) is 31.5. The van der Waals surface area contributed by atoms with Gasteiger partial charge in [0, 0.05) is 19.6 Å². The molecule has 3 atom stereocenters. The first-order valence-electron chi connectivity index (χ1n) is 15.0. The summed E-state index contributed by atoms with van der Waals surface area (Å²) >= 11 is 0. The molecule has 0 saturated carbocycles. The molecule has 0 aliphatic rings. The molecule has 0 bridgehead atoms. The molecule has 0 radical (unpaired) electrons. The zero-order chi connectivity index (χ0) is 33.6. The van der Waals surface area contributed by atoms with Crippen LogP contribution >= 0.6 is 0 Å². The van der Waals surface area contributed by atoms with Crippen LogP contribution in [0.4, 0.5) is 0 Å². The van der Waals surface area contributed by atoms with Crippen molar-refractivity contribution in [3.05, 3.63) is 0 Å². The quantitative estimate of drug-likeness (QED) is 0.0792. The normalized spacial score (nSPS) is 12.9. The number of rotatable bonds is 19. The summed E-state index contributed by atoms with van der Waals surface area (Å²) in [4.78, 5) is 24.5. The molecule has 0 aromatic heterocycles. The average Bonchev–Trinajstić information content (AvgIpc) is 2.96. The van der Waals surface area contributed by atoms with Crippen LogP contribution in [0.3, 0.4) is 0 Å². The Balaban J connectivity index is -0.000000504. The monoisotopic (exact) mass is 633 g/mol.